The fourth-order valence-corrected chi connectivity index (χ4v) is 3.59. The summed E-state index contributed by atoms with van der Waals surface area (Å²) in [5.74, 6) is 1.79. The second kappa shape index (κ2) is 8.11. The molecule has 0 spiro atoms. The summed E-state index contributed by atoms with van der Waals surface area (Å²) in [7, 11) is 0. The lowest BCUT2D eigenvalue weighted by Crippen LogP contribution is -2.29. The number of hydrogen-bond donors (Lipinski definition) is 1. The van der Waals surface area contributed by atoms with Crippen LogP contribution in [0.3, 0.4) is 0 Å². The molecule has 124 valence electrons. The summed E-state index contributed by atoms with van der Waals surface area (Å²) in [6.07, 6.45) is 5.22. The second-order valence-corrected chi connectivity index (χ2v) is 6.85. The number of carbonyl (C=O) groups excluding carboxylic acids is 1. The topological polar surface area (TPSA) is 85.1 Å². The van der Waals surface area contributed by atoms with Gasteiger partial charge in [-0.1, -0.05) is 29.6 Å². The van der Waals surface area contributed by atoms with Crippen molar-refractivity contribution in [1.82, 2.24) is 25.1 Å². The Morgan fingerprint density at radius 1 is 1.50 bits per heavy atom. The summed E-state index contributed by atoms with van der Waals surface area (Å²) in [6.45, 7) is 5.09. The largest absolute Gasteiger partial charge is 0.305 e. The number of amidine groups is 1. The lowest BCUT2D eigenvalue weighted by Gasteiger charge is -2.07. The van der Waals surface area contributed by atoms with Gasteiger partial charge >= 0.3 is 0 Å². The van der Waals surface area contributed by atoms with Crippen molar-refractivity contribution in [2.75, 3.05) is 18.1 Å². The predicted octanol–water partition coefficient (Wildman–Crippen LogP) is 1.84. The Morgan fingerprint density at radius 2 is 2.42 bits per heavy atom. The number of amides is 1. The van der Waals surface area contributed by atoms with Crippen LogP contribution in [-0.4, -0.2) is 48.9 Å². The lowest BCUT2D eigenvalue weighted by molar-refractivity contribution is -0.117. The van der Waals surface area contributed by atoms with Crippen molar-refractivity contribution < 1.29 is 4.79 Å². The molecule has 24 heavy (non-hydrogen) atoms. The van der Waals surface area contributed by atoms with Gasteiger partial charge in [0, 0.05) is 30.3 Å². The minimum absolute atomic E-state index is 0.0933. The van der Waals surface area contributed by atoms with Crippen LogP contribution in [0.5, 0.6) is 0 Å². The first kappa shape index (κ1) is 16.7. The molecule has 3 heterocycles. The van der Waals surface area contributed by atoms with Crippen LogP contribution in [0.2, 0.25) is 0 Å². The van der Waals surface area contributed by atoms with Crippen molar-refractivity contribution in [2.45, 2.75) is 11.7 Å². The third-order valence-corrected chi connectivity index (χ3v) is 4.97. The Balaban J connectivity index is 1.70. The monoisotopic (exact) mass is 360 g/mol. The summed E-state index contributed by atoms with van der Waals surface area (Å²) in [5, 5.41) is 12.6. The number of carbonyl (C=O) groups is 1. The zero-order chi connectivity index (χ0) is 16.8. The van der Waals surface area contributed by atoms with E-state index >= 15 is 0 Å². The van der Waals surface area contributed by atoms with Gasteiger partial charge in [-0.2, -0.15) is 0 Å². The number of aromatic nitrogens is 4. The van der Waals surface area contributed by atoms with Gasteiger partial charge in [0.15, 0.2) is 16.1 Å². The molecule has 2 aromatic heterocycles. The molecule has 0 fully saturated rings. The van der Waals surface area contributed by atoms with E-state index in [9.17, 15) is 4.79 Å². The molecular weight excluding hydrogens is 344 g/mol. The van der Waals surface area contributed by atoms with Crippen LogP contribution in [0.15, 0.2) is 47.3 Å². The van der Waals surface area contributed by atoms with Crippen molar-refractivity contribution in [3.63, 3.8) is 0 Å². The van der Waals surface area contributed by atoms with E-state index in [2.05, 4.69) is 32.1 Å². The van der Waals surface area contributed by atoms with E-state index in [1.165, 1.54) is 11.8 Å². The van der Waals surface area contributed by atoms with Crippen molar-refractivity contribution in [1.29, 1.82) is 0 Å². The van der Waals surface area contributed by atoms with Gasteiger partial charge in [-0.25, -0.2) is 0 Å². The molecule has 0 saturated heterocycles. The van der Waals surface area contributed by atoms with E-state index in [0.717, 1.165) is 17.9 Å². The smallest absolute Gasteiger partial charge is 0.236 e. The van der Waals surface area contributed by atoms with Crippen LogP contribution in [0.1, 0.15) is 0 Å². The number of nitrogens with zero attached hydrogens (tertiary/aromatic N) is 5. The number of hydrogen-bond acceptors (Lipinski definition) is 7. The Kier molecular flexibility index (Phi) is 5.65. The van der Waals surface area contributed by atoms with E-state index < -0.39 is 0 Å². The molecule has 0 aromatic carbocycles. The van der Waals surface area contributed by atoms with E-state index in [1.807, 2.05) is 16.7 Å². The molecule has 3 rings (SSSR count). The Hall–Kier alpha value is -2.13. The minimum Gasteiger partial charge on any atom is -0.305 e. The maximum Gasteiger partial charge on any atom is 0.236 e. The Morgan fingerprint density at radius 3 is 3.12 bits per heavy atom. The first-order valence-corrected chi connectivity index (χ1v) is 9.29. The van der Waals surface area contributed by atoms with Crippen LogP contribution >= 0.6 is 23.5 Å². The summed E-state index contributed by atoms with van der Waals surface area (Å²) in [4.78, 5) is 20.3. The molecule has 0 unspecified atom stereocenters. The Labute approximate surface area is 148 Å². The molecule has 0 saturated carbocycles. The first-order valence-electron chi connectivity index (χ1n) is 7.32. The van der Waals surface area contributed by atoms with E-state index in [4.69, 9.17) is 0 Å². The van der Waals surface area contributed by atoms with Crippen molar-refractivity contribution in [2.24, 2.45) is 4.99 Å². The average molecular weight is 360 g/mol. The summed E-state index contributed by atoms with van der Waals surface area (Å²) < 4.78 is 1.92. The highest BCUT2D eigenvalue weighted by molar-refractivity contribution is 8.14. The van der Waals surface area contributed by atoms with E-state index in [1.54, 1.807) is 30.2 Å². The molecule has 1 N–H and O–H groups in total. The fourth-order valence-electron chi connectivity index (χ4n) is 2.09. The molecule has 1 amide bonds. The third-order valence-electron chi connectivity index (χ3n) is 3.11. The Bertz CT molecular complexity index is 759. The molecule has 7 nitrogen and oxygen atoms in total. The van der Waals surface area contributed by atoms with Crippen LogP contribution < -0.4 is 5.32 Å². The van der Waals surface area contributed by atoms with Gasteiger partial charge in [-0.3, -0.25) is 19.3 Å². The maximum atomic E-state index is 12.0. The standard InChI is InChI=1S/C15H16N6OS2/c1-2-7-21-13(11-4-3-5-16-9-11)19-20-15(21)24-10-12(22)18-14-17-6-8-23-14/h2-5,9H,1,6-8,10H2,(H,17,18,22). The summed E-state index contributed by atoms with van der Waals surface area (Å²) in [6, 6.07) is 3.77. The van der Waals surface area contributed by atoms with Gasteiger partial charge in [0.05, 0.1) is 12.3 Å². The highest BCUT2D eigenvalue weighted by Gasteiger charge is 2.16. The van der Waals surface area contributed by atoms with Crippen LogP contribution in [-0.2, 0) is 11.3 Å². The SMILES string of the molecule is C=CCn1c(SCC(=O)NC2=NCCS2)nnc1-c1cccnc1. The molecule has 1 aliphatic rings. The molecule has 1 aliphatic heterocycles. The number of rotatable bonds is 6. The average Bonchev–Trinajstić information content (AvgIpc) is 3.24. The van der Waals surface area contributed by atoms with E-state index in [0.29, 0.717) is 22.7 Å². The van der Waals surface area contributed by atoms with Gasteiger partial charge in [0.1, 0.15) is 0 Å². The molecule has 0 atom stereocenters. The van der Waals surface area contributed by atoms with Crippen molar-refractivity contribution in [3.05, 3.63) is 37.2 Å². The van der Waals surface area contributed by atoms with E-state index in [-0.39, 0.29) is 11.7 Å². The van der Waals surface area contributed by atoms with Crippen molar-refractivity contribution in [3.8, 4) is 11.4 Å². The van der Waals surface area contributed by atoms with Gasteiger partial charge in [0.25, 0.3) is 0 Å². The third kappa shape index (κ3) is 4.04. The molecule has 2 aromatic rings. The zero-order valence-corrected chi connectivity index (χ0v) is 14.5. The number of pyridine rings is 1. The molecule has 0 bridgehead atoms. The van der Waals surface area contributed by atoms with Crippen LogP contribution in [0, 0.1) is 0 Å². The van der Waals surface area contributed by atoms with Crippen molar-refractivity contribution >= 4 is 34.6 Å². The zero-order valence-electron chi connectivity index (χ0n) is 12.9. The highest BCUT2D eigenvalue weighted by Crippen LogP contribution is 2.23. The number of thioether (sulfide) groups is 2. The van der Waals surface area contributed by atoms with Gasteiger partial charge < -0.3 is 5.32 Å². The number of nitrogens with one attached hydrogen (secondary N) is 1. The van der Waals surface area contributed by atoms with Crippen LogP contribution in [0.25, 0.3) is 11.4 Å². The molecule has 9 heteroatoms. The van der Waals surface area contributed by atoms with Gasteiger partial charge in [0.2, 0.25) is 5.91 Å². The van der Waals surface area contributed by atoms with Crippen LogP contribution in [0.4, 0.5) is 0 Å². The first-order chi connectivity index (χ1) is 11.8. The van der Waals surface area contributed by atoms with Gasteiger partial charge in [-0.05, 0) is 12.1 Å². The van der Waals surface area contributed by atoms with Gasteiger partial charge in [-0.15, -0.1) is 16.8 Å². The normalized spacial score (nSPS) is 13.6. The molecule has 0 aliphatic carbocycles. The lowest BCUT2D eigenvalue weighted by atomic mass is 10.3. The molecule has 0 radical (unpaired) electrons. The molecular formula is C15H16N6OS2. The predicted molar refractivity (Wildman–Crippen MR) is 97.1 cm³/mol. The second-order valence-electron chi connectivity index (χ2n) is 4.82. The summed E-state index contributed by atoms with van der Waals surface area (Å²) in [5.41, 5.74) is 0.875. The fraction of sp³-hybridized carbons (Fsp3) is 0.267. The number of allylic oxidation sites excluding steroid dienone is 1. The highest BCUT2D eigenvalue weighted by atomic mass is 32.2. The number of aliphatic imine (C=N–C) groups is 1. The summed E-state index contributed by atoms with van der Waals surface area (Å²) >= 11 is 2.90. The minimum atomic E-state index is -0.0933. The maximum absolute atomic E-state index is 12.0. The quantitative estimate of drug-likeness (QED) is 0.625.